The number of benzene rings is 10. The predicted octanol–water partition coefficient (Wildman–Crippen LogP) is 19.7. The van der Waals surface area contributed by atoms with E-state index in [-0.39, 0.29) is 12.2 Å². The molecule has 374 valence electrons. The average molecular weight is 1010 g/mol. The topological polar surface area (TPSA) is 24.4 Å². The summed E-state index contributed by atoms with van der Waals surface area (Å²) in [6, 6.07) is 102. The van der Waals surface area contributed by atoms with E-state index in [1.54, 1.807) is 0 Å². The Morgan fingerprint density at radius 2 is 0.886 bits per heavy atom. The minimum atomic E-state index is -0.352. The Hall–Kier alpha value is -10.1. The molecule has 0 aromatic heterocycles. The third-order valence-electron chi connectivity index (χ3n) is 14.9. The van der Waals surface area contributed by atoms with Gasteiger partial charge >= 0.3 is 0 Å². The first-order chi connectivity index (χ1) is 39.1. The van der Waals surface area contributed by atoms with Gasteiger partial charge in [-0.1, -0.05) is 248 Å². The molecule has 0 saturated carbocycles. The fourth-order valence-corrected chi connectivity index (χ4v) is 11.1. The van der Waals surface area contributed by atoms with Crippen LogP contribution in [0.25, 0.3) is 94.6 Å². The summed E-state index contributed by atoms with van der Waals surface area (Å²) in [5.74, 6) is 0. The molecule has 0 fully saturated rings. The van der Waals surface area contributed by atoms with Crippen LogP contribution in [-0.2, 0) is 0 Å². The van der Waals surface area contributed by atoms with Crippen LogP contribution in [0.1, 0.15) is 48.3 Å². The summed E-state index contributed by atoms with van der Waals surface area (Å²) in [7, 11) is 0. The Kier molecular flexibility index (Phi) is 14.5. The van der Waals surface area contributed by atoms with Crippen LogP contribution < -0.4 is 5.32 Å². The molecular formula is C77H56N2. The van der Waals surface area contributed by atoms with E-state index in [0.717, 1.165) is 111 Å². The lowest BCUT2D eigenvalue weighted by molar-refractivity contribution is 0.481. The molecule has 0 saturated heterocycles. The number of nitrogens with one attached hydrogen (secondary N) is 1. The van der Waals surface area contributed by atoms with Gasteiger partial charge in [0.1, 0.15) is 6.17 Å². The molecule has 79 heavy (non-hydrogen) atoms. The van der Waals surface area contributed by atoms with E-state index in [9.17, 15) is 0 Å². The Labute approximate surface area is 465 Å². The summed E-state index contributed by atoms with van der Waals surface area (Å²) in [5.41, 5.74) is 30.6. The number of hydrogen-bond donors (Lipinski definition) is 1. The Morgan fingerprint density at radius 1 is 0.392 bits per heavy atom. The van der Waals surface area contributed by atoms with Crippen LogP contribution in [0.4, 0.5) is 0 Å². The summed E-state index contributed by atoms with van der Waals surface area (Å²) in [5, 5.41) is 3.93. The first-order valence-corrected chi connectivity index (χ1v) is 27.0. The summed E-state index contributed by atoms with van der Waals surface area (Å²) in [6.07, 6.45) is 5.88. The fraction of sp³-hybridized carbons (Fsp3) is 0.0519. The molecule has 0 amide bonds. The van der Waals surface area contributed by atoms with Crippen molar-refractivity contribution < 1.29 is 0 Å². The molecule has 0 spiro atoms. The highest BCUT2D eigenvalue weighted by molar-refractivity contribution is 6.15. The molecule has 2 atom stereocenters. The van der Waals surface area contributed by atoms with Gasteiger partial charge < -0.3 is 0 Å². The van der Waals surface area contributed by atoms with Gasteiger partial charge in [-0.3, -0.25) is 10.3 Å². The van der Waals surface area contributed by atoms with Crippen molar-refractivity contribution in [2.45, 2.75) is 26.1 Å². The van der Waals surface area contributed by atoms with Crippen molar-refractivity contribution in [1.82, 2.24) is 5.32 Å². The third-order valence-corrected chi connectivity index (χ3v) is 14.9. The van der Waals surface area contributed by atoms with Crippen molar-refractivity contribution >= 4 is 11.3 Å². The van der Waals surface area contributed by atoms with Crippen LogP contribution >= 0.6 is 0 Å². The second kappa shape index (κ2) is 23.0. The van der Waals surface area contributed by atoms with E-state index in [0.29, 0.717) is 0 Å². The predicted molar refractivity (Wildman–Crippen MR) is 331 cm³/mol. The van der Waals surface area contributed by atoms with Crippen molar-refractivity contribution in [3.63, 3.8) is 0 Å². The highest BCUT2D eigenvalue weighted by Crippen LogP contribution is 2.55. The smallest absolute Gasteiger partial charge is 0.126 e. The lowest BCUT2D eigenvalue weighted by Gasteiger charge is -2.29. The number of rotatable bonds is 15. The normalized spacial score (nSPS) is 12.6. The van der Waals surface area contributed by atoms with Gasteiger partial charge in [-0.15, -0.1) is 0 Å². The maximum atomic E-state index is 5.72. The minimum absolute atomic E-state index is 0.0181. The highest BCUT2D eigenvalue weighted by atomic mass is 15.1. The van der Waals surface area contributed by atoms with Gasteiger partial charge in [0.05, 0.1) is 0 Å². The molecule has 1 N–H and O–H groups in total. The van der Waals surface area contributed by atoms with Crippen LogP contribution in [-0.4, -0.2) is 5.71 Å². The molecule has 2 unspecified atom stereocenters. The molecule has 0 heterocycles. The van der Waals surface area contributed by atoms with Crippen molar-refractivity contribution in [3.8, 4) is 89.0 Å². The van der Waals surface area contributed by atoms with Crippen molar-refractivity contribution in [2.75, 3.05) is 0 Å². The molecule has 0 radical (unpaired) electrons. The molecule has 2 heteroatoms. The molecule has 11 aromatic rings. The van der Waals surface area contributed by atoms with Crippen molar-refractivity contribution in [3.05, 3.63) is 331 Å². The monoisotopic (exact) mass is 1010 g/mol. The quantitative estimate of drug-likeness (QED) is 0.0803. The molecule has 1 aliphatic carbocycles. The zero-order valence-corrected chi connectivity index (χ0v) is 44.2. The Balaban J connectivity index is 1.23. The van der Waals surface area contributed by atoms with Crippen molar-refractivity contribution in [1.29, 1.82) is 0 Å². The molecule has 11 aromatic carbocycles. The first-order valence-electron chi connectivity index (χ1n) is 27.0. The van der Waals surface area contributed by atoms with Gasteiger partial charge in [-0.2, -0.15) is 0 Å². The maximum Gasteiger partial charge on any atom is 0.126 e. The SMILES string of the molecule is CC(=NC(NC(C)c1ccccc1)c1ccccc1)c1cc(-c2ccc(-c3ccccc3)cc2-c2ccccc2)cc(-c2c(-c3ccccc3)c(C3=CC=C=C=C3)c(-c3cc#ccc3)c(-c3ccccc3)c2-c2ccccc2)c1. The van der Waals surface area contributed by atoms with E-state index in [1.807, 2.05) is 12.1 Å². The maximum absolute atomic E-state index is 5.72. The minimum Gasteiger partial charge on any atom is -0.285 e. The van der Waals surface area contributed by atoms with Crippen molar-refractivity contribution in [2.24, 2.45) is 4.99 Å². The highest BCUT2D eigenvalue weighted by Gasteiger charge is 2.30. The summed E-state index contributed by atoms with van der Waals surface area (Å²) in [4.78, 5) is 5.72. The van der Waals surface area contributed by atoms with Gasteiger partial charge in [-0.05, 0) is 191 Å². The van der Waals surface area contributed by atoms with E-state index in [1.165, 1.54) is 11.1 Å². The largest absolute Gasteiger partial charge is 0.285 e. The van der Waals surface area contributed by atoms with Gasteiger partial charge in [0.2, 0.25) is 0 Å². The van der Waals surface area contributed by atoms with Crippen LogP contribution in [0.2, 0.25) is 0 Å². The number of hydrogen-bond acceptors (Lipinski definition) is 2. The van der Waals surface area contributed by atoms with Crippen LogP contribution in [0, 0.1) is 12.1 Å². The zero-order chi connectivity index (χ0) is 53.3. The van der Waals surface area contributed by atoms with Gasteiger partial charge in [0, 0.05) is 11.8 Å². The van der Waals surface area contributed by atoms with E-state index in [4.69, 9.17) is 4.99 Å². The van der Waals surface area contributed by atoms with Crippen LogP contribution in [0.5, 0.6) is 0 Å². The molecule has 1 aliphatic rings. The lowest BCUT2D eigenvalue weighted by atomic mass is 9.73. The summed E-state index contributed by atoms with van der Waals surface area (Å²) < 4.78 is 0. The van der Waals surface area contributed by atoms with Crippen LogP contribution in [0.3, 0.4) is 0 Å². The first kappa shape index (κ1) is 49.8. The molecule has 0 bridgehead atoms. The summed E-state index contributed by atoms with van der Waals surface area (Å²) in [6.45, 7) is 4.39. The standard InChI is InChI=1S/C77H56N2/c1-54(56-30-12-3-13-31-56)78-77(64-46-28-11-29-47-64)79-55(2)66-50-67(69-49-48-65(57-32-14-4-15-33-57)53-70(69)58-34-16-5-17-35-58)52-68(51-66)76-74(62-42-24-9-25-43-62)72(60-38-20-7-21-39-60)71(59-36-18-6-19-37-59)73(61-40-22-8-23-41-61)75(76)63-44-26-10-27-45-63/h3-5,7,9-18,20-22,24-54,77-78H,1-2H3. The Bertz CT molecular complexity index is 4080. The number of aliphatic imine (C=N–C) groups is 1. The zero-order valence-electron chi connectivity index (χ0n) is 44.2. The van der Waals surface area contributed by atoms with Gasteiger partial charge in [0.15, 0.2) is 0 Å². The second-order valence-electron chi connectivity index (χ2n) is 19.9. The molecular weight excluding hydrogens is 953 g/mol. The van der Waals surface area contributed by atoms with Gasteiger partial charge in [-0.25, -0.2) is 0 Å². The number of nitrogens with zero attached hydrogens (tertiary/aromatic N) is 1. The molecule has 0 aliphatic heterocycles. The average Bonchev–Trinajstić information content (AvgIpc) is 3.69. The fourth-order valence-electron chi connectivity index (χ4n) is 11.1. The lowest BCUT2D eigenvalue weighted by Crippen LogP contribution is -2.24. The molecule has 2 nitrogen and oxygen atoms in total. The second-order valence-corrected chi connectivity index (χ2v) is 19.9. The Morgan fingerprint density at radius 3 is 1.43 bits per heavy atom. The van der Waals surface area contributed by atoms with E-state index >= 15 is 0 Å². The summed E-state index contributed by atoms with van der Waals surface area (Å²) >= 11 is 0. The number of allylic oxidation sites excluding steroid dienone is 4. The van der Waals surface area contributed by atoms with Crippen LogP contribution in [0.15, 0.2) is 302 Å². The molecule has 12 rings (SSSR count). The third kappa shape index (κ3) is 10.6. The van der Waals surface area contributed by atoms with E-state index in [2.05, 4.69) is 316 Å². The van der Waals surface area contributed by atoms with Gasteiger partial charge in [0.25, 0.3) is 0 Å². The van der Waals surface area contributed by atoms with E-state index < -0.39 is 0 Å².